The van der Waals surface area contributed by atoms with E-state index in [0.29, 0.717) is 5.92 Å². The summed E-state index contributed by atoms with van der Waals surface area (Å²) in [6, 6.07) is 8.86. The Morgan fingerprint density at radius 2 is 2.05 bits per heavy atom. The Morgan fingerprint density at radius 3 is 2.68 bits per heavy atom. The monoisotopic (exact) mass is 264 g/mol. The first-order chi connectivity index (χ1) is 9.17. The molecule has 0 fully saturated rings. The molecule has 1 aromatic carbocycles. The van der Waals surface area contributed by atoms with E-state index in [4.69, 9.17) is 10.6 Å². The van der Waals surface area contributed by atoms with E-state index < -0.39 is 0 Å². The van der Waals surface area contributed by atoms with Crippen molar-refractivity contribution < 1.29 is 4.74 Å². The fourth-order valence-corrected chi connectivity index (χ4v) is 2.20. The molecule has 1 rings (SSSR count). The summed E-state index contributed by atoms with van der Waals surface area (Å²) in [5, 5.41) is 0. The Morgan fingerprint density at radius 1 is 1.26 bits per heavy atom. The van der Waals surface area contributed by atoms with Crippen LogP contribution in [0.2, 0.25) is 0 Å². The highest BCUT2D eigenvalue weighted by atomic mass is 16.5. The molecular formula is C16H28N2O. The molecule has 3 heteroatoms. The first kappa shape index (κ1) is 16.2. The fraction of sp³-hybridized carbons (Fsp3) is 0.625. The van der Waals surface area contributed by atoms with Crippen LogP contribution in [0, 0.1) is 5.92 Å². The number of nitrogens with two attached hydrogens (primary N) is 1. The van der Waals surface area contributed by atoms with E-state index in [0.717, 1.165) is 32.5 Å². The Hall–Kier alpha value is -0.900. The second kappa shape index (κ2) is 9.08. The van der Waals surface area contributed by atoms with Gasteiger partial charge >= 0.3 is 0 Å². The van der Waals surface area contributed by atoms with Crippen molar-refractivity contribution in [2.24, 2.45) is 11.8 Å². The largest absolute Gasteiger partial charge is 0.381 e. The molecule has 19 heavy (non-hydrogen) atoms. The summed E-state index contributed by atoms with van der Waals surface area (Å²) in [4.78, 5) is 0. The van der Waals surface area contributed by atoms with Gasteiger partial charge in [0.15, 0.2) is 0 Å². The Balaban J connectivity index is 2.59. The summed E-state index contributed by atoms with van der Waals surface area (Å²) >= 11 is 0. The topological polar surface area (TPSA) is 47.3 Å². The molecular weight excluding hydrogens is 236 g/mol. The predicted molar refractivity (Wildman–Crippen MR) is 80.8 cm³/mol. The van der Waals surface area contributed by atoms with Crippen molar-refractivity contribution in [3.05, 3.63) is 35.4 Å². The van der Waals surface area contributed by atoms with Crippen LogP contribution in [0.3, 0.4) is 0 Å². The molecule has 0 aliphatic rings. The average molecular weight is 264 g/mol. The van der Waals surface area contributed by atoms with Crippen LogP contribution >= 0.6 is 0 Å². The van der Waals surface area contributed by atoms with Gasteiger partial charge in [-0.15, -0.1) is 0 Å². The molecule has 1 aromatic rings. The van der Waals surface area contributed by atoms with Gasteiger partial charge in [-0.3, -0.25) is 11.3 Å². The first-order valence-corrected chi connectivity index (χ1v) is 7.30. The summed E-state index contributed by atoms with van der Waals surface area (Å²) in [6.45, 7) is 8.17. The van der Waals surface area contributed by atoms with Crippen LogP contribution in [0.4, 0.5) is 0 Å². The number of hydrazine groups is 1. The maximum Gasteiger partial charge on any atom is 0.0484 e. The zero-order chi connectivity index (χ0) is 14.1. The zero-order valence-corrected chi connectivity index (χ0v) is 12.5. The SMILES string of the molecule is CCCOCCC(NN)c1cccc(CC(C)C)c1. The van der Waals surface area contributed by atoms with Gasteiger partial charge in [0.05, 0.1) is 0 Å². The minimum atomic E-state index is 0.170. The number of hydrogen-bond acceptors (Lipinski definition) is 3. The van der Waals surface area contributed by atoms with Gasteiger partial charge < -0.3 is 4.74 Å². The Bertz CT molecular complexity index is 352. The molecule has 0 spiro atoms. The summed E-state index contributed by atoms with van der Waals surface area (Å²) < 4.78 is 5.54. The predicted octanol–water partition coefficient (Wildman–Crippen LogP) is 3.21. The van der Waals surface area contributed by atoms with Crippen molar-refractivity contribution in [1.29, 1.82) is 0 Å². The molecule has 0 saturated carbocycles. The van der Waals surface area contributed by atoms with Crippen LogP contribution in [0.25, 0.3) is 0 Å². The van der Waals surface area contributed by atoms with Crippen LogP contribution < -0.4 is 11.3 Å². The van der Waals surface area contributed by atoms with Gasteiger partial charge in [-0.2, -0.15) is 0 Å². The third kappa shape index (κ3) is 6.19. The number of benzene rings is 1. The Labute approximate surface area is 117 Å². The molecule has 0 aliphatic heterocycles. The number of hydrogen-bond donors (Lipinski definition) is 2. The van der Waals surface area contributed by atoms with Crippen molar-refractivity contribution >= 4 is 0 Å². The van der Waals surface area contributed by atoms with Gasteiger partial charge in [0.2, 0.25) is 0 Å². The standard InChI is InChI=1S/C16H28N2O/c1-4-9-19-10-8-16(18-17)15-7-5-6-14(12-15)11-13(2)3/h5-7,12-13,16,18H,4,8-11,17H2,1-3H3. The number of nitrogens with one attached hydrogen (secondary N) is 1. The molecule has 108 valence electrons. The molecule has 3 N–H and O–H groups in total. The second-order valence-corrected chi connectivity index (χ2v) is 5.46. The van der Waals surface area contributed by atoms with Crippen LogP contribution in [0.5, 0.6) is 0 Å². The summed E-state index contributed by atoms with van der Waals surface area (Å²) in [5.41, 5.74) is 5.52. The molecule has 3 nitrogen and oxygen atoms in total. The van der Waals surface area contributed by atoms with Gasteiger partial charge in [-0.25, -0.2) is 0 Å². The smallest absolute Gasteiger partial charge is 0.0484 e. The molecule has 1 unspecified atom stereocenters. The minimum absolute atomic E-state index is 0.170. The third-order valence-corrected chi connectivity index (χ3v) is 3.10. The van der Waals surface area contributed by atoms with Crippen LogP contribution in [0.15, 0.2) is 24.3 Å². The summed E-state index contributed by atoms with van der Waals surface area (Å²) in [5.74, 6) is 6.34. The molecule has 0 saturated heterocycles. The molecule has 0 radical (unpaired) electrons. The molecule has 0 amide bonds. The molecule has 0 aromatic heterocycles. The zero-order valence-electron chi connectivity index (χ0n) is 12.5. The van der Waals surface area contributed by atoms with Gasteiger partial charge in [-0.1, -0.05) is 45.0 Å². The summed E-state index contributed by atoms with van der Waals surface area (Å²) in [7, 11) is 0. The van der Waals surface area contributed by atoms with Crippen molar-refractivity contribution in [2.75, 3.05) is 13.2 Å². The molecule has 0 aliphatic carbocycles. The van der Waals surface area contributed by atoms with Crippen molar-refractivity contribution in [3.63, 3.8) is 0 Å². The maximum atomic E-state index is 5.67. The molecule has 0 bridgehead atoms. The van der Waals surface area contributed by atoms with E-state index >= 15 is 0 Å². The molecule has 1 atom stereocenters. The highest BCUT2D eigenvalue weighted by molar-refractivity contribution is 5.26. The van der Waals surface area contributed by atoms with Crippen LogP contribution in [-0.2, 0) is 11.2 Å². The fourth-order valence-electron chi connectivity index (χ4n) is 2.20. The quantitative estimate of drug-likeness (QED) is 0.409. The van der Waals surface area contributed by atoms with E-state index in [2.05, 4.69) is 50.5 Å². The third-order valence-electron chi connectivity index (χ3n) is 3.10. The highest BCUT2D eigenvalue weighted by Gasteiger charge is 2.10. The van der Waals surface area contributed by atoms with Gasteiger partial charge in [-0.05, 0) is 36.3 Å². The van der Waals surface area contributed by atoms with E-state index in [9.17, 15) is 0 Å². The lowest BCUT2D eigenvalue weighted by Gasteiger charge is -2.17. The average Bonchev–Trinajstić information content (AvgIpc) is 2.38. The normalized spacial score (nSPS) is 12.9. The summed E-state index contributed by atoms with van der Waals surface area (Å²) in [6.07, 6.45) is 3.07. The van der Waals surface area contributed by atoms with E-state index in [-0.39, 0.29) is 6.04 Å². The van der Waals surface area contributed by atoms with Crippen molar-refractivity contribution in [1.82, 2.24) is 5.43 Å². The Kier molecular flexibility index (Phi) is 7.72. The highest BCUT2D eigenvalue weighted by Crippen LogP contribution is 2.19. The van der Waals surface area contributed by atoms with Gasteiger partial charge in [0, 0.05) is 19.3 Å². The lowest BCUT2D eigenvalue weighted by Crippen LogP contribution is -2.29. The first-order valence-electron chi connectivity index (χ1n) is 7.30. The molecule has 0 heterocycles. The van der Waals surface area contributed by atoms with Crippen molar-refractivity contribution in [2.45, 2.75) is 46.1 Å². The number of rotatable bonds is 9. The van der Waals surface area contributed by atoms with Crippen molar-refractivity contribution in [3.8, 4) is 0 Å². The van der Waals surface area contributed by atoms with E-state index in [1.807, 2.05) is 0 Å². The number of ether oxygens (including phenoxy) is 1. The second-order valence-electron chi connectivity index (χ2n) is 5.46. The van der Waals surface area contributed by atoms with E-state index in [1.54, 1.807) is 0 Å². The van der Waals surface area contributed by atoms with Crippen LogP contribution in [-0.4, -0.2) is 13.2 Å². The van der Waals surface area contributed by atoms with Gasteiger partial charge in [0.1, 0.15) is 0 Å². The lowest BCUT2D eigenvalue weighted by atomic mass is 9.97. The van der Waals surface area contributed by atoms with E-state index in [1.165, 1.54) is 11.1 Å². The van der Waals surface area contributed by atoms with Crippen LogP contribution in [0.1, 0.15) is 50.8 Å². The van der Waals surface area contributed by atoms with Gasteiger partial charge in [0.25, 0.3) is 0 Å². The maximum absolute atomic E-state index is 5.67. The minimum Gasteiger partial charge on any atom is -0.381 e. The lowest BCUT2D eigenvalue weighted by molar-refractivity contribution is 0.124.